The number of carbonyl (C=O) groups is 2. The van der Waals surface area contributed by atoms with Crippen molar-refractivity contribution in [1.82, 2.24) is 0 Å². The normalized spacial score (nSPS) is 8.76. The molecule has 0 aromatic heterocycles. The molecule has 0 heterocycles. The fraction of sp³-hybridized carbons (Fsp3) is 0.273. The number of hydrogen-bond donors (Lipinski definition) is 3. The lowest BCUT2D eigenvalue weighted by molar-refractivity contribution is -0.143. The first kappa shape index (κ1) is 14.8. The summed E-state index contributed by atoms with van der Waals surface area (Å²) < 4.78 is 4.79. The molecule has 0 saturated carbocycles. The van der Waals surface area contributed by atoms with Crippen molar-refractivity contribution >= 4 is 11.9 Å². The number of rotatable bonds is 4. The van der Waals surface area contributed by atoms with Crippen molar-refractivity contribution in [2.45, 2.75) is 12.8 Å². The topological polar surface area (TPSA) is 104 Å². The number of phenols is 1. The number of ether oxygens (including phenoxy) is 1. The van der Waals surface area contributed by atoms with E-state index in [2.05, 4.69) is 0 Å². The van der Waals surface area contributed by atoms with E-state index in [4.69, 9.17) is 20.1 Å². The fourth-order valence-electron chi connectivity index (χ4n) is 0.844. The SMILES string of the molecule is COc1ccccc1O.O=C(O)CCC(=O)O. The summed E-state index contributed by atoms with van der Waals surface area (Å²) in [6.07, 6.45) is -0.593. The Morgan fingerprint density at radius 3 is 1.88 bits per heavy atom. The van der Waals surface area contributed by atoms with Crippen LogP contribution in [0.5, 0.6) is 11.5 Å². The Morgan fingerprint density at radius 1 is 1.12 bits per heavy atom. The molecule has 0 radical (unpaired) electrons. The van der Waals surface area contributed by atoms with Crippen LogP contribution < -0.4 is 4.74 Å². The molecule has 0 aliphatic heterocycles. The van der Waals surface area contributed by atoms with Crippen LogP contribution in [-0.2, 0) is 9.59 Å². The molecule has 1 aromatic carbocycles. The van der Waals surface area contributed by atoms with Gasteiger partial charge in [0, 0.05) is 0 Å². The molecule has 0 fully saturated rings. The molecule has 0 aliphatic rings. The molecule has 0 bridgehead atoms. The van der Waals surface area contributed by atoms with Crippen molar-refractivity contribution in [1.29, 1.82) is 0 Å². The second-order valence-corrected chi connectivity index (χ2v) is 2.96. The number of carboxylic acids is 2. The first-order valence-electron chi connectivity index (χ1n) is 4.73. The van der Waals surface area contributed by atoms with E-state index < -0.39 is 11.9 Å². The highest BCUT2D eigenvalue weighted by molar-refractivity contribution is 5.75. The van der Waals surface area contributed by atoms with Crippen LogP contribution in [0.15, 0.2) is 24.3 Å². The zero-order valence-electron chi connectivity index (χ0n) is 9.29. The van der Waals surface area contributed by atoms with Gasteiger partial charge in [0.15, 0.2) is 11.5 Å². The van der Waals surface area contributed by atoms with Crippen molar-refractivity contribution in [3.63, 3.8) is 0 Å². The third-order valence-electron chi connectivity index (χ3n) is 1.64. The van der Waals surface area contributed by atoms with Crippen molar-refractivity contribution in [3.8, 4) is 11.5 Å². The molecular formula is C11H14O6. The molecule has 1 rings (SSSR count). The molecule has 3 N–H and O–H groups in total. The predicted octanol–water partition coefficient (Wildman–Crippen LogP) is 1.34. The van der Waals surface area contributed by atoms with E-state index in [1.165, 1.54) is 7.11 Å². The highest BCUT2D eigenvalue weighted by Crippen LogP contribution is 2.22. The van der Waals surface area contributed by atoms with Crippen LogP contribution in [-0.4, -0.2) is 34.4 Å². The van der Waals surface area contributed by atoms with Gasteiger partial charge in [-0.3, -0.25) is 9.59 Å². The highest BCUT2D eigenvalue weighted by Gasteiger charge is 2.00. The first-order chi connectivity index (χ1) is 7.97. The second kappa shape index (κ2) is 7.98. The molecule has 0 atom stereocenters. The van der Waals surface area contributed by atoms with E-state index in [1.807, 2.05) is 0 Å². The number of phenolic OH excluding ortho intramolecular Hbond substituents is 1. The number of para-hydroxylation sites is 2. The van der Waals surface area contributed by atoms with Crippen molar-refractivity contribution in [3.05, 3.63) is 24.3 Å². The lowest BCUT2D eigenvalue weighted by Gasteiger charge is -1.99. The van der Waals surface area contributed by atoms with Crippen LogP contribution >= 0.6 is 0 Å². The molecule has 17 heavy (non-hydrogen) atoms. The van der Waals surface area contributed by atoms with Gasteiger partial charge in [0.05, 0.1) is 20.0 Å². The van der Waals surface area contributed by atoms with Crippen LogP contribution in [0.2, 0.25) is 0 Å². The number of benzene rings is 1. The summed E-state index contributed by atoms with van der Waals surface area (Å²) in [5.74, 6) is -1.46. The number of aromatic hydroxyl groups is 1. The minimum absolute atomic E-state index is 0.181. The Hall–Kier alpha value is -2.24. The summed E-state index contributed by atoms with van der Waals surface area (Å²) in [5.41, 5.74) is 0. The van der Waals surface area contributed by atoms with E-state index >= 15 is 0 Å². The Bertz CT molecular complexity index is 360. The zero-order chi connectivity index (χ0) is 13.3. The fourth-order valence-corrected chi connectivity index (χ4v) is 0.844. The molecule has 0 aliphatic carbocycles. The lowest BCUT2D eigenvalue weighted by atomic mass is 10.3. The number of methoxy groups -OCH3 is 1. The van der Waals surface area contributed by atoms with Crippen LogP contribution in [0.3, 0.4) is 0 Å². The minimum atomic E-state index is -1.08. The maximum absolute atomic E-state index is 9.64. The largest absolute Gasteiger partial charge is 0.504 e. The highest BCUT2D eigenvalue weighted by atomic mass is 16.5. The summed E-state index contributed by atoms with van der Waals surface area (Å²) in [7, 11) is 1.52. The van der Waals surface area contributed by atoms with Gasteiger partial charge in [-0.15, -0.1) is 0 Å². The summed E-state index contributed by atoms with van der Waals surface area (Å²) in [6, 6.07) is 6.84. The van der Waals surface area contributed by atoms with Crippen molar-refractivity contribution < 1.29 is 29.6 Å². The van der Waals surface area contributed by atoms with Gasteiger partial charge < -0.3 is 20.1 Å². The summed E-state index contributed by atoms with van der Waals surface area (Å²) in [4.78, 5) is 19.3. The smallest absolute Gasteiger partial charge is 0.303 e. The molecule has 1 aromatic rings. The quantitative estimate of drug-likeness (QED) is 0.735. The van der Waals surface area contributed by atoms with Gasteiger partial charge in [-0.05, 0) is 12.1 Å². The van der Waals surface area contributed by atoms with E-state index in [-0.39, 0.29) is 18.6 Å². The molecular weight excluding hydrogens is 228 g/mol. The monoisotopic (exact) mass is 242 g/mol. The molecule has 0 unspecified atom stereocenters. The summed E-state index contributed by atoms with van der Waals surface area (Å²) in [5, 5.41) is 24.8. The molecule has 94 valence electrons. The maximum atomic E-state index is 9.64. The van der Waals surface area contributed by atoms with Crippen LogP contribution in [0.1, 0.15) is 12.8 Å². The minimum Gasteiger partial charge on any atom is -0.504 e. The molecule has 0 amide bonds. The standard InChI is InChI=1S/C7H8O2.C4H6O4/c1-9-7-5-3-2-4-6(7)8;5-3(6)1-2-4(7)8/h2-5,8H,1H3;1-2H2,(H,5,6)(H,7,8). The van der Waals surface area contributed by atoms with E-state index in [0.29, 0.717) is 5.75 Å². The summed E-state index contributed by atoms with van der Waals surface area (Å²) in [6.45, 7) is 0. The van der Waals surface area contributed by atoms with E-state index in [9.17, 15) is 9.59 Å². The number of carboxylic acid groups (broad SMARTS) is 2. The molecule has 6 heteroatoms. The number of hydrogen-bond acceptors (Lipinski definition) is 4. The maximum Gasteiger partial charge on any atom is 0.303 e. The van der Waals surface area contributed by atoms with Crippen LogP contribution in [0, 0.1) is 0 Å². The molecule has 6 nitrogen and oxygen atoms in total. The van der Waals surface area contributed by atoms with Gasteiger partial charge in [0.1, 0.15) is 0 Å². The van der Waals surface area contributed by atoms with Crippen LogP contribution in [0.4, 0.5) is 0 Å². The van der Waals surface area contributed by atoms with Crippen molar-refractivity contribution in [2.24, 2.45) is 0 Å². The van der Waals surface area contributed by atoms with Gasteiger partial charge in [-0.25, -0.2) is 0 Å². The van der Waals surface area contributed by atoms with Crippen LogP contribution in [0.25, 0.3) is 0 Å². The van der Waals surface area contributed by atoms with Crippen molar-refractivity contribution in [2.75, 3.05) is 7.11 Å². The Kier molecular flexibility index (Phi) is 6.92. The predicted molar refractivity (Wildman–Crippen MR) is 59.2 cm³/mol. The zero-order valence-corrected chi connectivity index (χ0v) is 9.29. The van der Waals surface area contributed by atoms with Gasteiger partial charge in [0.25, 0.3) is 0 Å². The van der Waals surface area contributed by atoms with Gasteiger partial charge in [-0.2, -0.15) is 0 Å². The molecule has 0 spiro atoms. The van der Waals surface area contributed by atoms with Gasteiger partial charge >= 0.3 is 11.9 Å². The van der Waals surface area contributed by atoms with Gasteiger partial charge in [-0.1, -0.05) is 12.1 Å². The number of aliphatic carboxylic acids is 2. The van der Waals surface area contributed by atoms with E-state index in [0.717, 1.165) is 0 Å². The lowest BCUT2D eigenvalue weighted by Crippen LogP contribution is -2.00. The Morgan fingerprint density at radius 2 is 1.59 bits per heavy atom. The van der Waals surface area contributed by atoms with E-state index in [1.54, 1.807) is 24.3 Å². The molecule has 0 saturated heterocycles. The second-order valence-electron chi connectivity index (χ2n) is 2.96. The Balaban J connectivity index is 0.000000304. The third-order valence-corrected chi connectivity index (χ3v) is 1.64. The average Bonchev–Trinajstić information content (AvgIpc) is 2.28. The summed E-state index contributed by atoms with van der Waals surface area (Å²) >= 11 is 0. The first-order valence-corrected chi connectivity index (χ1v) is 4.73. The van der Waals surface area contributed by atoms with Gasteiger partial charge in [0.2, 0.25) is 0 Å². The average molecular weight is 242 g/mol. The third kappa shape index (κ3) is 7.66. The Labute approximate surface area is 98.1 Å².